The van der Waals surface area contributed by atoms with Crippen LogP contribution in [0.4, 0.5) is 5.82 Å². The number of nitrogens with zero attached hydrogens (tertiary/aromatic N) is 1. The Morgan fingerprint density at radius 1 is 1.38 bits per heavy atom. The third kappa shape index (κ3) is 6.52. The van der Waals surface area contributed by atoms with Gasteiger partial charge < -0.3 is 15.8 Å². The zero-order valence-corrected chi connectivity index (χ0v) is 12.6. The molecule has 0 bridgehead atoms. The highest BCUT2D eigenvalue weighted by atomic mass is 32.2. The van der Waals surface area contributed by atoms with Crippen LogP contribution in [0, 0.1) is 0 Å². The van der Waals surface area contributed by atoms with Crippen molar-refractivity contribution >= 4 is 21.7 Å². The number of hydrogen-bond donors (Lipinski definition) is 3. The van der Waals surface area contributed by atoms with E-state index in [2.05, 4.69) is 15.0 Å². The summed E-state index contributed by atoms with van der Waals surface area (Å²) in [6, 6.07) is 3.07. The number of pyridine rings is 1. The summed E-state index contributed by atoms with van der Waals surface area (Å²) in [7, 11) is -3.63. The van der Waals surface area contributed by atoms with Gasteiger partial charge >= 0.3 is 0 Å². The molecule has 0 unspecified atom stereocenters. The second-order valence-corrected chi connectivity index (χ2v) is 5.99. The molecule has 0 radical (unpaired) electrons. The molecule has 1 amide bonds. The maximum Gasteiger partial charge on any atom is 0.243 e. The maximum absolute atomic E-state index is 11.9. The van der Waals surface area contributed by atoms with Gasteiger partial charge in [-0.1, -0.05) is 6.92 Å². The Balaban J connectivity index is 2.48. The zero-order chi connectivity index (χ0) is 15.7. The van der Waals surface area contributed by atoms with Crippen molar-refractivity contribution in [3.8, 4) is 0 Å². The van der Waals surface area contributed by atoms with E-state index in [-0.39, 0.29) is 24.7 Å². The molecule has 0 spiro atoms. The van der Waals surface area contributed by atoms with Crippen molar-refractivity contribution in [1.82, 2.24) is 9.71 Å². The molecule has 0 aromatic carbocycles. The molecular weight excluding hydrogens is 296 g/mol. The lowest BCUT2D eigenvalue weighted by molar-refractivity contribution is -0.122. The fraction of sp³-hybridized carbons (Fsp3) is 0.500. The first-order valence-corrected chi connectivity index (χ1v) is 7.99. The molecule has 0 fully saturated rings. The number of amides is 1. The van der Waals surface area contributed by atoms with Crippen molar-refractivity contribution in [2.45, 2.75) is 18.2 Å². The summed E-state index contributed by atoms with van der Waals surface area (Å²) < 4.78 is 31.1. The van der Waals surface area contributed by atoms with Crippen LogP contribution in [0.25, 0.3) is 0 Å². The number of sulfonamides is 1. The molecule has 1 heterocycles. The first kappa shape index (κ1) is 17.3. The highest BCUT2D eigenvalue weighted by molar-refractivity contribution is 7.89. The van der Waals surface area contributed by atoms with E-state index in [1.165, 1.54) is 12.3 Å². The third-order valence-corrected chi connectivity index (χ3v) is 3.83. The van der Waals surface area contributed by atoms with Crippen molar-refractivity contribution in [3.63, 3.8) is 0 Å². The zero-order valence-electron chi connectivity index (χ0n) is 11.8. The monoisotopic (exact) mass is 316 g/mol. The molecule has 1 aromatic heterocycles. The summed E-state index contributed by atoms with van der Waals surface area (Å²) in [4.78, 5) is 14.5. The smallest absolute Gasteiger partial charge is 0.243 e. The second kappa shape index (κ2) is 8.55. The van der Waals surface area contributed by atoms with Crippen LogP contribution < -0.4 is 15.8 Å². The van der Waals surface area contributed by atoms with Crippen molar-refractivity contribution < 1.29 is 17.9 Å². The van der Waals surface area contributed by atoms with E-state index in [0.717, 1.165) is 13.0 Å². The summed E-state index contributed by atoms with van der Waals surface area (Å²) in [5.41, 5.74) is 4.88. The van der Waals surface area contributed by atoms with E-state index in [4.69, 9.17) is 10.5 Å². The molecule has 1 aromatic rings. The van der Waals surface area contributed by atoms with Crippen molar-refractivity contribution in [2.75, 3.05) is 31.6 Å². The number of rotatable bonds is 10. The second-order valence-electron chi connectivity index (χ2n) is 4.22. The molecule has 0 aliphatic rings. The van der Waals surface area contributed by atoms with Crippen LogP contribution in [0.15, 0.2) is 23.2 Å². The maximum atomic E-state index is 11.9. The quantitative estimate of drug-likeness (QED) is 0.508. The summed E-state index contributed by atoms with van der Waals surface area (Å²) >= 11 is 0. The Labute approximate surface area is 124 Å². The van der Waals surface area contributed by atoms with E-state index < -0.39 is 15.9 Å². The van der Waals surface area contributed by atoms with Gasteiger partial charge in [0.2, 0.25) is 15.9 Å². The van der Waals surface area contributed by atoms with Gasteiger partial charge in [0.05, 0.1) is 6.61 Å². The number of carbonyl (C=O) groups excluding carboxylic acids is 1. The van der Waals surface area contributed by atoms with Gasteiger partial charge in [-0.15, -0.1) is 0 Å². The average Bonchev–Trinajstić information content (AvgIpc) is 2.44. The SMILES string of the molecule is CCCNc1ccc(S(=O)(=O)NCCOCC(N)=O)cn1. The summed E-state index contributed by atoms with van der Waals surface area (Å²) in [5, 5.41) is 3.05. The van der Waals surface area contributed by atoms with Gasteiger partial charge in [0.25, 0.3) is 0 Å². The third-order valence-electron chi connectivity index (χ3n) is 2.39. The van der Waals surface area contributed by atoms with Crippen LogP contribution in [-0.2, 0) is 19.6 Å². The number of aromatic nitrogens is 1. The average molecular weight is 316 g/mol. The predicted molar refractivity (Wildman–Crippen MR) is 78.2 cm³/mol. The van der Waals surface area contributed by atoms with E-state index in [1.54, 1.807) is 6.07 Å². The fourth-order valence-corrected chi connectivity index (χ4v) is 2.36. The van der Waals surface area contributed by atoms with Crippen molar-refractivity contribution in [2.24, 2.45) is 5.73 Å². The Morgan fingerprint density at radius 2 is 2.14 bits per heavy atom. The number of primary amides is 1. The number of anilines is 1. The van der Waals surface area contributed by atoms with Gasteiger partial charge in [-0.3, -0.25) is 4.79 Å². The van der Waals surface area contributed by atoms with Gasteiger partial charge in [0.15, 0.2) is 0 Å². The number of ether oxygens (including phenoxy) is 1. The molecule has 0 aliphatic heterocycles. The summed E-state index contributed by atoms with van der Waals surface area (Å²) in [6.07, 6.45) is 2.24. The summed E-state index contributed by atoms with van der Waals surface area (Å²) in [5.74, 6) is 0.0258. The Kier molecular flexibility index (Phi) is 7.06. The van der Waals surface area contributed by atoms with Crippen molar-refractivity contribution in [1.29, 1.82) is 0 Å². The number of hydrogen-bond acceptors (Lipinski definition) is 6. The lowest BCUT2D eigenvalue weighted by atomic mass is 10.4. The first-order chi connectivity index (χ1) is 9.95. The van der Waals surface area contributed by atoms with Crippen LogP contribution in [0.1, 0.15) is 13.3 Å². The van der Waals surface area contributed by atoms with Gasteiger partial charge in [-0.2, -0.15) is 0 Å². The number of nitrogens with one attached hydrogen (secondary N) is 2. The normalized spacial score (nSPS) is 11.3. The predicted octanol–water partition coefficient (Wildman–Crippen LogP) is -0.316. The largest absolute Gasteiger partial charge is 0.370 e. The number of nitrogens with two attached hydrogens (primary N) is 1. The van der Waals surface area contributed by atoms with Gasteiger partial charge in [-0.05, 0) is 18.6 Å². The summed E-state index contributed by atoms with van der Waals surface area (Å²) in [6.45, 7) is 2.67. The minimum Gasteiger partial charge on any atom is -0.370 e. The topological polar surface area (TPSA) is 123 Å². The fourth-order valence-electron chi connectivity index (χ4n) is 1.40. The first-order valence-electron chi connectivity index (χ1n) is 6.51. The highest BCUT2D eigenvalue weighted by Gasteiger charge is 2.13. The Bertz CT molecular complexity index is 545. The molecule has 0 saturated heterocycles. The molecule has 1 rings (SSSR count). The van der Waals surface area contributed by atoms with Crippen LogP contribution in [0.2, 0.25) is 0 Å². The molecule has 4 N–H and O–H groups in total. The molecule has 8 nitrogen and oxygen atoms in total. The van der Waals surface area contributed by atoms with Gasteiger partial charge in [0.1, 0.15) is 17.3 Å². The molecule has 21 heavy (non-hydrogen) atoms. The van der Waals surface area contributed by atoms with Crippen LogP contribution in [0.3, 0.4) is 0 Å². The van der Waals surface area contributed by atoms with Crippen LogP contribution >= 0.6 is 0 Å². The molecular formula is C12H20N4O4S. The lowest BCUT2D eigenvalue weighted by Crippen LogP contribution is -2.29. The van der Waals surface area contributed by atoms with Crippen LogP contribution in [0.5, 0.6) is 0 Å². The Morgan fingerprint density at radius 3 is 2.71 bits per heavy atom. The van der Waals surface area contributed by atoms with Gasteiger partial charge in [-0.25, -0.2) is 18.1 Å². The molecule has 0 atom stereocenters. The lowest BCUT2D eigenvalue weighted by Gasteiger charge is -2.08. The molecule has 0 saturated carbocycles. The molecule has 9 heteroatoms. The van der Waals surface area contributed by atoms with E-state index >= 15 is 0 Å². The highest BCUT2D eigenvalue weighted by Crippen LogP contribution is 2.10. The van der Waals surface area contributed by atoms with E-state index in [1.807, 2.05) is 6.92 Å². The van der Waals surface area contributed by atoms with E-state index in [0.29, 0.717) is 5.82 Å². The van der Waals surface area contributed by atoms with Crippen molar-refractivity contribution in [3.05, 3.63) is 18.3 Å². The molecule has 0 aliphatic carbocycles. The van der Waals surface area contributed by atoms with Gasteiger partial charge in [0, 0.05) is 19.3 Å². The van der Waals surface area contributed by atoms with E-state index in [9.17, 15) is 13.2 Å². The standard InChI is InChI=1S/C12H20N4O4S/c1-2-5-14-12-4-3-10(8-15-12)21(18,19)16-6-7-20-9-11(13)17/h3-4,8,16H,2,5-7,9H2,1H3,(H2,13,17)(H,14,15). The minimum absolute atomic E-state index is 0.0471. The Hall–Kier alpha value is -1.71. The van der Waals surface area contributed by atoms with Crippen LogP contribution in [-0.4, -0.2) is 45.6 Å². The molecule has 118 valence electrons. The number of carbonyl (C=O) groups is 1. The minimum atomic E-state index is -3.63.